The van der Waals surface area contributed by atoms with Crippen molar-refractivity contribution in [3.05, 3.63) is 0 Å². The first-order valence-electron chi connectivity index (χ1n) is 5.27. The van der Waals surface area contributed by atoms with E-state index in [4.69, 9.17) is 5.73 Å². The zero-order chi connectivity index (χ0) is 9.68. The molecule has 13 heavy (non-hydrogen) atoms. The molecule has 1 atom stereocenters. The van der Waals surface area contributed by atoms with Crippen molar-refractivity contribution in [3.8, 4) is 0 Å². The minimum absolute atomic E-state index is 0.0281. The first-order valence-corrected chi connectivity index (χ1v) is 5.27. The van der Waals surface area contributed by atoms with E-state index in [1.807, 2.05) is 0 Å². The average Bonchev–Trinajstić information content (AvgIpc) is 2.93. The Morgan fingerprint density at radius 2 is 2.31 bits per heavy atom. The van der Waals surface area contributed by atoms with Gasteiger partial charge < -0.3 is 11.1 Å². The van der Waals surface area contributed by atoms with E-state index in [1.54, 1.807) is 0 Å². The van der Waals surface area contributed by atoms with Gasteiger partial charge in [0.15, 0.2) is 0 Å². The van der Waals surface area contributed by atoms with Crippen LogP contribution in [0.15, 0.2) is 0 Å². The van der Waals surface area contributed by atoms with Crippen LogP contribution < -0.4 is 11.1 Å². The Kier molecular flexibility index (Phi) is 4.22. The predicted molar refractivity (Wildman–Crippen MR) is 53.2 cm³/mol. The highest BCUT2D eigenvalue weighted by Gasteiger charge is 2.22. The number of rotatable bonds is 6. The van der Waals surface area contributed by atoms with Crippen LogP contribution in [0.4, 0.5) is 0 Å². The van der Waals surface area contributed by atoms with Gasteiger partial charge in [-0.05, 0) is 25.2 Å². The van der Waals surface area contributed by atoms with Gasteiger partial charge in [-0.25, -0.2) is 0 Å². The molecule has 0 radical (unpaired) electrons. The number of hydrogen-bond donors (Lipinski definition) is 2. The molecule has 0 aromatic rings. The van der Waals surface area contributed by atoms with Crippen molar-refractivity contribution in [1.29, 1.82) is 0 Å². The maximum absolute atomic E-state index is 11.3. The molecule has 0 heterocycles. The minimum atomic E-state index is -0.293. The first kappa shape index (κ1) is 10.5. The Labute approximate surface area is 80.1 Å². The second kappa shape index (κ2) is 5.22. The van der Waals surface area contributed by atoms with Gasteiger partial charge in [0.1, 0.15) is 0 Å². The summed E-state index contributed by atoms with van der Waals surface area (Å²) >= 11 is 0. The summed E-state index contributed by atoms with van der Waals surface area (Å²) < 4.78 is 0. The van der Waals surface area contributed by atoms with E-state index in [0.717, 1.165) is 31.7 Å². The van der Waals surface area contributed by atoms with Gasteiger partial charge in [-0.1, -0.05) is 19.8 Å². The molecule has 3 nitrogen and oxygen atoms in total. The Hall–Kier alpha value is -0.570. The van der Waals surface area contributed by atoms with E-state index in [1.165, 1.54) is 12.8 Å². The van der Waals surface area contributed by atoms with Crippen LogP contribution in [0.3, 0.4) is 0 Å². The van der Waals surface area contributed by atoms with Gasteiger partial charge in [0.05, 0.1) is 6.04 Å². The smallest absolute Gasteiger partial charge is 0.236 e. The zero-order valence-electron chi connectivity index (χ0n) is 8.38. The Balaban J connectivity index is 2.05. The topological polar surface area (TPSA) is 55.1 Å². The monoisotopic (exact) mass is 184 g/mol. The number of nitrogens with two attached hydrogens (primary N) is 1. The Morgan fingerprint density at radius 1 is 1.62 bits per heavy atom. The lowest BCUT2D eigenvalue weighted by Crippen LogP contribution is -2.41. The molecule has 1 saturated carbocycles. The van der Waals surface area contributed by atoms with Crippen molar-refractivity contribution in [3.63, 3.8) is 0 Å². The Morgan fingerprint density at radius 3 is 2.85 bits per heavy atom. The van der Waals surface area contributed by atoms with Crippen LogP contribution in [-0.2, 0) is 4.79 Å². The van der Waals surface area contributed by atoms with Gasteiger partial charge in [-0.2, -0.15) is 0 Å². The van der Waals surface area contributed by atoms with E-state index >= 15 is 0 Å². The summed E-state index contributed by atoms with van der Waals surface area (Å²) in [6, 6.07) is -0.293. The summed E-state index contributed by atoms with van der Waals surface area (Å²) in [7, 11) is 0. The molecule has 0 bridgehead atoms. The molecule has 1 aliphatic carbocycles. The summed E-state index contributed by atoms with van der Waals surface area (Å²) in [4.78, 5) is 11.3. The molecule has 0 spiro atoms. The first-order chi connectivity index (χ1) is 6.24. The average molecular weight is 184 g/mol. The fraction of sp³-hybridized carbons (Fsp3) is 0.900. The number of carbonyl (C=O) groups excluding carboxylic acids is 1. The molecule has 3 heteroatoms. The van der Waals surface area contributed by atoms with Gasteiger partial charge in [-0.3, -0.25) is 4.79 Å². The van der Waals surface area contributed by atoms with Crippen LogP contribution in [0, 0.1) is 5.92 Å². The number of amides is 1. The summed E-state index contributed by atoms with van der Waals surface area (Å²) in [5, 5.41) is 2.89. The number of hydrogen-bond acceptors (Lipinski definition) is 2. The fourth-order valence-corrected chi connectivity index (χ4v) is 1.25. The van der Waals surface area contributed by atoms with Gasteiger partial charge in [-0.15, -0.1) is 0 Å². The van der Waals surface area contributed by atoms with Gasteiger partial charge in [0.25, 0.3) is 0 Å². The van der Waals surface area contributed by atoms with Crippen molar-refractivity contribution < 1.29 is 4.79 Å². The molecular weight excluding hydrogens is 164 g/mol. The van der Waals surface area contributed by atoms with E-state index in [2.05, 4.69) is 12.2 Å². The highest BCUT2D eigenvalue weighted by molar-refractivity contribution is 5.81. The van der Waals surface area contributed by atoms with Crippen LogP contribution in [0.2, 0.25) is 0 Å². The van der Waals surface area contributed by atoms with E-state index < -0.39 is 0 Å². The molecule has 0 aromatic heterocycles. The quantitative estimate of drug-likeness (QED) is 0.648. The third-order valence-corrected chi connectivity index (χ3v) is 2.47. The van der Waals surface area contributed by atoms with Crippen LogP contribution in [0.5, 0.6) is 0 Å². The largest absolute Gasteiger partial charge is 0.354 e. The lowest BCUT2D eigenvalue weighted by atomic mass is 10.1. The van der Waals surface area contributed by atoms with Gasteiger partial charge >= 0.3 is 0 Å². The van der Waals surface area contributed by atoms with Crippen molar-refractivity contribution in [2.75, 3.05) is 6.54 Å². The van der Waals surface area contributed by atoms with Crippen molar-refractivity contribution in [2.45, 2.75) is 45.1 Å². The molecule has 0 saturated heterocycles. The molecule has 0 aliphatic heterocycles. The standard InChI is InChI=1S/C10H20N2O/c1-2-3-4-9(11)10(13)12-7-8-5-6-8/h8-9H,2-7,11H2,1H3,(H,12,13). The molecule has 1 unspecified atom stereocenters. The molecule has 0 aromatic carbocycles. The van der Waals surface area contributed by atoms with Crippen LogP contribution in [-0.4, -0.2) is 18.5 Å². The lowest BCUT2D eigenvalue weighted by Gasteiger charge is -2.10. The van der Waals surface area contributed by atoms with Crippen LogP contribution in [0.1, 0.15) is 39.0 Å². The molecule has 76 valence electrons. The summed E-state index contributed by atoms with van der Waals surface area (Å²) in [6.07, 6.45) is 5.49. The van der Waals surface area contributed by atoms with E-state index in [9.17, 15) is 4.79 Å². The van der Waals surface area contributed by atoms with Crippen molar-refractivity contribution in [2.24, 2.45) is 11.7 Å². The van der Waals surface area contributed by atoms with E-state index in [0.29, 0.717) is 0 Å². The number of unbranched alkanes of at least 4 members (excludes halogenated alkanes) is 1. The zero-order valence-corrected chi connectivity index (χ0v) is 8.38. The molecule has 1 rings (SSSR count). The van der Waals surface area contributed by atoms with Gasteiger partial charge in [0, 0.05) is 6.54 Å². The third-order valence-electron chi connectivity index (χ3n) is 2.47. The summed E-state index contributed by atoms with van der Waals surface area (Å²) in [6.45, 7) is 2.94. The maximum atomic E-state index is 11.3. The minimum Gasteiger partial charge on any atom is -0.354 e. The molecule has 1 aliphatic rings. The predicted octanol–water partition coefficient (Wildman–Crippen LogP) is 1.03. The van der Waals surface area contributed by atoms with Crippen molar-refractivity contribution in [1.82, 2.24) is 5.32 Å². The molecule has 3 N–H and O–H groups in total. The number of carbonyl (C=O) groups is 1. The lowest BCUT2D eigenvalue weighted by molar-refractivity contribution is -0.122. The van der Waals surface area contributed by atoms with Crippen LogP contribution in [0.25, 0.3) is 0 Å². The second-order valence-corrected chi connectivity index (χ2v) is 3.94. The molecular formula is C10H20N2O. The highest BCUT2D eigenvalue weighted by Crippen LogP contribution is 2.27. The third kappa shape index (κ3) is 4.27. The fourth-order valence-electron chi connectivity index (χ4n) is 1.25. The van der Waals surface area contributed by atoms with E-state index in [-0.39, 0.29) is 11.9 Å². The van der Waals surface area contributed by atoms with Crippen molar-refractivity contribution >= 4 is 5.91 Å². The normalized spacial score (nSPS) is 18.3. The highest BCUT2D eigenvalue weighted by atomic mass is 16.2. The summed E-state index contributed by atoms with van der Waals surface area (Å²) in [5.41, 5.74) is 5.70. The Bertz CT molecular complexity index is 166. The second-order valence-electron chi connectivity index (χ2n) is 3.94. The molecule has 1 fully saturated rings. The molecule has 1 amide bonds. The number of nitrogens with one attached hydrogen (secondary N) is 1. The summed E-state index contributed by atoms with van der Waals surface area (Å²) in [5.74, 6) is 0.766. The van der Waals surface area contributed by atoms with Crippen LogP contribution >= 0.6 is 0 Å². The SMILES string of the molecule is CCCCC(N)C(=O)NCC1CC1. The van der Waals surface area contributed by atoms with Gasteiger partial charge in [0.2, 0.25) is 5.91 Å². The maximum Gasteiger partial charge on any atom is 0.236 e.